The summed E-state index contributed by atoms with van der Waals surface area (Å²) in [5, 5.41) is 6.97. The molecular weight excluding hydrogens is 333 g/mol. The van der Waals surface area contributed by atoms with Gasteiger partial charge in [-0.3, -0.25) is 9.69 Å². The zero-order chi connectivity index (χ0) is 18.5. The van der Waals surface area contributed by atoms with E-state index in [1.54, 1.807) is 0 Å². The second kappa shape index (κ2) is 8.45. The molecule has 140 valence electrons. The molecule has 2 heterocycles. The molecule has 0 spiro atoms. The maximum absolute atomic E-state index is 13.2. The molecule has 1 atom stereocenters. The van der Waals surface area contributed by atoms with Gasteiger partial charge in [0.2, 0.25) is 5.91 Å². The van der Waals surface area contributed by atoms with Crippen molar-refractivity contribution in [3.8, 4) is 0 Å². The summed E-state index contributed by atoms with van der Waals surface area (Å²) in [6.07, 6.45) is 3.35. The molecule has 0 aliphatic carbocycles. The van der Waals surface area contributed by atoms with E-state index in [-0.39, 0.29) is 17.8 Å². The van der Waals surface area contributed by atoms with Gasteiger partial charge >= 0.3 is 0 Å². The Morgan fingerprint density at radius 2 is 1.96 bits per heavy atom. The Bertz CT molecular complexity index is 717. The largest absolute Gasteiger partial charge is 0.361 e. The first-order valence-corrected chi connectivity index (χ1v) is 9.22. The van der Waals surface area contributed by atoms with E-state index in [0.29, 0.717) is 19.4 Å². The fraction of sp³-hybridized carbons (Fsp3) is 0.500. The number of likely N-dealkylation sites (tertiary alicyclic amines) is 1. The molecule has 1 saturated heterocycles. The summed E-state index contributed by atoms with van der Waals surface area (Å²) in [5.41, 5.74) is 2.89. The summed E-state index contributed by atoms with van der Waals surface area (Å²) >= 11 is 0. The second-order valence-electron chi connectivity index (χ2n) is 6.92. The van der Waals surface area contributed by atoms with E-state index in [2.05, 4.69) is 15.4 Å². The van der Waals surface area contributed by atoms with Crippen LogP contribution in [0.2, 0.25) is 0 Å². The molecule has 0 radical (unpaired) electrons. The van der Waals surface area contributed by atoms with Gasteiger partial charge in [-0.15, -0.1) is 0 Å². The van der Waals surface area contributed by atoms with Gasteiger partial charge in [0.05, 0.1) is 11.7 Å². The number of halogens is 1. The van der Waals surface area contributed by atoms with Crippen molar-refractivity contribution >= 4 is 5.91 Å². The third-order valence-corrected chi connectivity index (χ3v) is 5.11. The predicted octanol–water partition coefficient (Wildman–Crippen LogP) is 3.32. The highest BCUT2D eigenvalue weighted by Crippen LogP contribution is 2.25. The molecular formula is C20H26FN3O2. The number of carbonyl (C=O) groups is 1. The number of benzene rings is 1. The minimum absolute atomic E-state index is 0.0105. The molecule has 5 nitrogen and oxygen atoms in total. The molecule has 0 bridgehead atoms. The molecule has 1 aromatic heterocycles. The van der Waals surface area contributed by atoms with Crippen molar-refractivity contribution < 1.29 is 13.7 Å². The fourth-order valence-electron chi connectivity index (χ4n) is 3.59. The normalized spacial score (nSPS) is 16.0. The number of hydrogen-bond acceptors (Lipinski definition) is 4. The Hall–Kier alpha value is -2.21. The third kappa shape index (κ3) is 4.49. The molecule has 2 aromatic rings. The van der Waals surface area contributed by atoms with Crippen LogP contribution in [0.3, 0.4) is 0 Å². The average molecular weight is 359 g/mol. The number of nitrogens with zero attached hydrogens (tertiary/aromatic N) is 2. The summed E-state index contributed by atoms with van der Waals surface area (Å²) in [6.45, 7) is 6.31. The van der Waals surface area contributed by atoms with E-state index in [9.17, 15) is 9.18 Å². The highest BCUT2D eigenvalue weighted by atomic mass is 19.1. The minimum atomic E-state index is -0.239. The molecule has 0 unspecified atom stereocenters. The van der Waals surface area contributed by atoms with Crippen LogP contribution >= 0.6 is 0 Å². The second-order valence-corrected chi connectivity index (χ2v) is 6.92. The Kier molecular flexibility index (Phi) is 6.04. The van der Waals surface area contributed by atoms with Gasteiger partial charge in [0.15, 0.2) is 0 Å². The molecule has 1 aliphatic heterocycles. The van der Waals surface area contributed by atoms with Crippen molar-refractivity contribution in [3.63, 3.8) is 0 Å². The van der Waals surface area contributed by atoms with Crippen LogP contribution < -0.4 is 5.32 Å². The van der Waals surface area contributed by atoms with Gasteiger partial charge in [0.25, 0.3) is 0 Å². The summed E-state index contributed by atoms with van der Waals surface area (Å²) in [6, 6.07) is 6.68. The van der Waals surface area contributed by atoms with Gasteiger partial charge in [0, 0.05) is 18.5 Å². The van der Waals surface area contributed by atoms with Crippen LogP contribution in [0.1, 0.15) is 47.9 Å². The summed E-state index contributed by atoms with van der Waals surface area (Å²) in [7, 11) is 0. The van der Waals surface area contributed by atoms with Crippen molar-refractivity contribution in [1.29, 1.82) is 0 Å². The zero-order valence-corrected chi connectivity index (χ0v) is 15.4. The lowest BCUT2D eigenvalue weighted by Gasteiger charge is -2.28. The van der Waals surface area contributed by atoms with Gasteiger partial charge in [-0.05, 0) is 63.9 Å². The van der Waals surface area contributed by atoms with Gasteiger partial charge in [-0.25, -0.2) is 4.39 Å². The maximum atomic E-state index is 13.2. The molecule has 1 amide bonds. The highest BCUT2D eigenvalue weighted by molar-refractivity contribution is 5.76. The van der Waals surface area contributed by atoms with E-state index in [1.807, 2.05) is 26.0 Å². The summed E-state index contributed by atoms with van der Waals surface area (Å²) < 4.78 is 18.4. The Labute approximate surface area is 153 Å². The first-order valence-electron chi connectivity index (χ1n) is 9.22. The third-order valence-electron chi connectivity index (χ3n) is 5.11. The maximum Gasteiger partial charge on any atom is 0.220 e. The molecule has 0 saturated carbocycles. The van der Waals surface area contributed by atoms with Gasteiger partial charge in [0.1, 0.15) is 11.6 Å². The van der Waals surface area contributed by atoms with E-state index in [0.717, 1.165) is 48.5 Å². The molecule has 1 fully saturated rings. The first kappa shape index (κ1) is 18.6. The molecule has 1 N–H and O–H groups in total. The molecule has 3 rings (SSSR count). The number of rotatable bonds is 7. The number of hydrogen-bond donors (Lipinski definition) is 1. The van der Waals surface area contributed by atoms with Crippen molar-refractivity contribution in [2.75, 3.05) is 19.6 Å². The molecule has 1 aliphatic rings. The quantitative estimate of drug-likeness (QED) is 0.824. The number of carbonyl (C=O) groups excluding carboxylic acids is 1. The van der Waals surface area contributed by atoms with Crippen molar-refractivity contribution in [2.45, 2.75) is 45.6 Å². The van der Waals surface area contributed by atoms with Crippen LogP contribution in [0, 0.1) is 19.7 Å². The topological polar surface area (TPSA) is 58.4 Å². The van der Waals surface area contributed by atoms with Gasteiger partial charge in [-0.2, -0.15) is 0 Å². The van der Waals surface area contributed by atoms with Gasteiger partial charge in [-0.1, -0.05) is 17.3 Å². The highest BCUT2D eigenvalue weighted by Gasteiger charge is 2.24. The lowest BCUT2D eigenvalue weighted by atomic mass is 10.0. The van der Waals surface area contributed by atoms with Crippen molar-refractivity contribution in [3.05, 3.63) is 52.7 Å². The lowest BCUT2D eigenvalue weighted by Crippen LogP contribution is -2.36. The minimum Gasteiger partial charge on any atom is -0.361 e. The number of amides is 1. The standard InChI is InChI=1S/C20H26FN3O2/c1-14-18(15(2)26-23-14)9-10-20(25)22-13-19(24-11-3-4-12-24)16-5-7-17(21)8-6-16/h5-8,19H,3-4,9-13H2,1-2H3,(H,22,25)/t19-/m1/s1. The molecule has 26 heavy (non-hydrogen) atoms. The van der Waals surface area contributed by atoms with Crippen LogP contribution in [0.15, 0.2) is 28.8 Å². The molecule has 6 heteroatoms. The van der Waals surface area contributed by atoms with E-state index < -0.39 is 0 Å². The Morgan fingerprint density at radius 3 is 2.58 bits per heavy atom. The van der Waals surface area contributed by atoms with Crippen LogP contribution in [-0.4, -0.2) is 35.6 Å². The van der Waals surface area contributed by atoms with E-state index in [1.165, 1.54) is 12.1 Å². The SMILES string of the molecule is Cc1noc(C)c1CCC(=O)NC[C@H](c1ccc(F)cc1)N1CCCC1. The van der Waals surface area contributed by atoms with Gasteiger partial charge < -0.3 is 9.84 Å². The summed E-state index contributed by atoms with van der Waals surface area (Å²) in [4.78, 5) is 14.7. The van der Waals surface area contributed by atoms with Crippen molar-refractivity contribution in [2.24, 2.45) is 0 Å². The first-order chi connectivity index (χ1) is 12.5. The van der Waals surface area contributed by atoms with Crippen LogP contribution in [0.5, 0.6) is 0 Å². The lowest BCUT2D eigenvalue weighted by molar-refractivity contribution is -0.121. The number of aromatic nitrogens is 1. The van der Waals surface area contributed by atoms with Crippen LogP contribution in [0.4, 0.5) is 4.39 Å². The van der Waals surface area contributed by atoms with E-state index >= 15 is 0 Å². The average Bonchev–Trinajstić information content (AvgIpc) is 3.26. The van der Waals surface area contributed by atoms with Crippen LogP contribution in [0.25, 0.3) is 0 Å². The van der Waals surface area contributed by atoms with Crippen molar-refractivity contribution in [1.82, 2.24) is 15.4 Å². The molecule has 1 aromatic carbocycles. The number of aryl methyl sites for hydroxylation is 2. The fourth-order valence-corrected chi connectivity index (χ4v) is 3.59. The Morgan fingerprint density at radius 1 is 1.27 bits per heavy atom. The Balaban J connectivity index is 1.58. The van der Waals surface area contributed by atoms with Crippen LogP contribution in [-0.2, 0) is 11.2 Å². The smallest absolute Gasteiger partial charge is 0.220 e. The number of nitrogens with one attached hydrogen (secondary N) is 1. The predicted molar refractivity (Wildman–Crippen MR) is 97.3 cm³/mol. The monoisotopic (exact) mass is 359 g/mol. The van der Waals surface area contributed by atoms with E-state index in [4.69, 9.17) is 4.52 Å². The summed E-state index contributed by atoms with van der Waals surface area (Å²) in [5.74, 6) is 0.547. The zero-order valence-electron chi connectivity index (χ0n) is 15.4.